The molecule has 3 nitrogen and oxygen atoms in total. The molecule has 0 atom stereocenters. The van der Waals surface area contributed by atoms with Gasteiger partial charge in [-0.3, -0.25) is 0 Å². The van der Waals surface area contributed by atoms with Crippen LogP contribution < -0.4 is 5.32 Å². The summed E-state index contributed by atoms with van der Waals surface area (Å²) in [4.78, 5) is 2.18. The van der Waals surface area contributed by atoms with Gasteiger partial charge in [0.05, 0.1) is 6.61 Å². The van der Waals surface area contributed by atoms with Gasteiger partial charge in [-0.15, -0.1) is 0 Å². The monoisotopic (exact) mass is 356 g/mol. The molecule has 1 N–H and O–H groups in total. The fraction of sp³-hybridized carbons (Fsp3) is 0.647. The molecule has 120 valence electrons. The summed E-state index contributed by atoms with van der Waals surface area (Å²) in [6.45, 7) is 8.96. The number of ether oxygens (including phenoxy) is 1. The van der Waals surface area contributed by atoms with Gasteiger partial charge in [-0.1, -0.05) is 41.9 Å². The SMILES string of the molecule is CC(C)CNCc1ccc(COCCCN(C)C)c(Br)c1. The Bertz CT molecular complexity index is 408. The highest BCUT2D eigenvalue weighted by atomic mass is 79.9. The first-order valence-corrected chi connectivity index (χ1v) is 8.49. The Labute approximate surface area is 138 Å². The van der Waals surface area contributed by atoms with Crippen LogP contribution in [-0.4, -0.2) is 38.7 Å². The third-order valence-corrected chi connectivity index (χ3v) is 3.89. The molecule has 21 heavy (non-hydrogen) atoms. The molecule has 0 aliphatic heterocycles. The quantitative estimate of drug-likeness (QED) is 0.647. The minimum absolute atomic E-state index is 0.674. The normalized spacial score (nSPS) is 11.6. The Balaban J connectivity index is 2.33. The smallest absolute Gasteiger partial charge is 0.0727 e. The molecule has 0 fully saturated rings. The van der Waals surface area contributed by atoms with Crippen molar-refractivity contribution in [3.63, 3.8) is 0 Å². The lowest BCUT2D eigenvalue weighted by Crippen LogP contribution is -2.19. The molecule has 0 amide bonds. The minimum Gasteiger partial charge on any atom is -0.377 e. The Hall–Kier alpha value is -0.420. The predicted molar refractivity (Wildman–Crippen MR) is 93.5 cm³/mol. The summed E-state index contributed by atoms with van der Waals surface area (Å²) in [5, 5.41) is 3.46. The molecule has 0 spiro atoms. The Kier molecular flexibility index (Phi) is 9.16. The summed E-state index contributed by atoms with van der Waals surface area (Å²) >= 11 is 3.64. The van der Waals surface area contributed by atoms with Crippen LogP contribution in [0, 0.1) is 5.92 Å². The van der Waals surface area contributed by atoms with Gasteiger partial charge in [-0.05, 0) is 56.7 Å². The average Bonchev–Trinajstić information content (AvgIpc) is 2.39. The zero-order valence-electron chi connectivity index (χ0n) is 13.8. The lowest BCUT2D eigenvalue weighted by atomic mass is 10.1. The van der Waals surface area contributed by atoms with Gasteiger partial charge in [0.15, 0.2) is 0 Å². The first-order chi connectivity index (χ1) is 9.99. The van der Waals surface area contributed by atoms with E-state index in [-0.39, 0.29) is 0 Å². The molecule has 0 radical (unpaired) electrons. The molecule has 4 heteroatoms. The summed E-state index contributed by atoms with van der Waals surface area (Å²) in [7, 11) is 4.17. The second-order valence-electron chi connectivity index (χ2n) is 6.16. The highest BCUT2D eigenvalue weighted by Crippen LogP contribution is 2.19. The van der Waals surface area contributed by atoms with E-state index in [1.165, 1.54) is 11.1 Å². The van der Waals surface area contributed by atoms with E-state index in [0.717, 1.165) is 37.1 Å². The Morgan fingerprint density at radius 3 is 2.67 bits per heavy atom. The summed E-state index contributed by atoms with van der Waals surface area (Å²) < 4.78 is 6.87. The van der Waals surface area contributed by atoms with E-state index in [4.69, 9.17) is 4.74 Å². The molecule has 0 unspecified atom stereocenters. The van der Waals surface area contributed by atoms with Crippen molar-refractivity contribution in [1.82, 2.24) is 10.2 Å². The van der Waals surface area contributed by atoms with Crippen LogP contribution in [0.5, 0.6) is 0 Å². The molecule has 0 saturated heterocycles. The lowest BCUT2D eigenvalue weighted by molar-refractivity contribution is 0.112. The number of rotatable bonds is 10. The summed E-state index contributed by atoms with van der Waals surface area (Å²) in [5.74, 6) is 0.684. The third kappa shape index (κ3) is 8.57. The summed E-state index contributed by atoms with van der Waals surface area (Å²) in [5.41, 5.74) is 2.52. The van der Waals surface area contributed by atoms with Crippen LogP contribution in [0.15, 0.2) is 22.7 Å². The van der Waals surface area contributed by atoms with Gasteiger partial charge in [0.1, 0.15) is 0 Å². The molecule has 1 rings (SSSR count). The van der Waals surface area contributed by atoms with E-state index in [1.54, 1.807) is 0 Å². The summed E-state index contributed by atoms with van der Waals surface area (Å²) in [6.07, 6.45) is 1.07. The zero-order chi connectivity index (χ0) is 15.7. The van der Waals surface area contributed by atoms with Crippen LogP contribution in [-0.2, 0) is 17.9 Å². The molecule has 0 heterocycles. The van der Waals surface area contributed by atoms with Crippen LogP contribution in [0.1, 0.15) is 31.4 Å². The molecular weight excluding hydrogens is 328 g/mol. The van der Waals surface area contributed by atoms with E-state index in [0.29, 0.717) is 12.5 Å². The van der Waals surface area contributed by atoms with Gasteiger partial charge in [0.25, 0.3) is 0 Å². The maximum absolute atomic E-state index is 5.73. The third-order valence-electron chi connectivity index (χ3n) is 3.15. The van der Waals surface area contributed by atoms with Crippen LogP contribution in [0.25, 0.3) is 0 Å². The largest absolute Gasteiger partial charge is 0.377 e. The van der Waals surface area contributed by atoms with E-state index >= 15 is 0 Å². The molecule has 0 aromatic heterocycles. The van der Waals surface area contributed by atoms with Crippen molar-refractivity contribution in [2.75, 3.05) is 33.8 Å². The second kappa shape index (κ2) is 10.3. The zero-order valence-corrected chi connectivity index (χ0v) is 15.4. The summed E-state index contributed by atoms with van der Waals surface area (Å²) in [6, 6.07) is 6.52. The van der Waals surface area contributed by atoms with E-state index in [2.05, 4.69) is 72.3 Å². The fourth-order valence-electron chi connectivity index (χ4n) is 1.99. The predicted octanol–water partition coefficient (Wildman–Crippen LogP) is 3.66. The van der Waals surface area contributed by atoms with Gasteiger partial charge in [0.2, 0.25) is 0 Å². The molecule has 1 aromatic carbocycles. The number of nitrogens with one attached hydrogen (secondary N) is 1. The van der Waals surface area contributed by atoms with E-state index < -0.39 is 0 Å². The first kappa shape index (κ1) is 18.6. The van der Waals surface area contributed by atoms with E-state index in [9.17, 15) is 0 Å². The van der Waals surface area contributed by atoms with Crippen molar-refractivity contribution >= 4 is 15.9 Å². The highest BCUT2D eigenvalue weighted by Gasteiger charge is 2.03. The number of nitrogens with zero attached hydrogens (tertiary/aromatic N) is 1. The van der Waals surface area contributed by atoms with Crippen molar-refractivity contribution in [2.45, 2.75) is 33.4 Å². The van der Waals surface area contributed by atoms with Crippen molar-refractivity contribution < 1.29 is 4.74 Å². The van der Waals surface area contributed by atoms with Crippen LogP contribution >= 0.6 is 15.9 Å². The fourth-order valence-corrected chi connectivity index (χ4v) is 2.53. The van der Waals surface area contributed by atoms with Crippen LogP contribution in [0.4, 0.5) is 0 Å². The number of halogens is 1. The van der Waals surface area contributed by atoms with Crippen molar-refractivity contribution in [2.24, 2.45) is 5.92 Å². The van der Waals surface area contributed by atoms with Gasteiger partial charge in [0, 0.05) is 17.6 Å². The molecule has 0 aliphatic carbocycles. The molecule has 0 saturated carbocycles. The molecule has 0 aliphatic rings. The molecular formula is C17H29BrN2O. The lowest BCUT2D eigenvalue weighted by Gasteiger charge is -2.11. The standard InChI is InChI=1S/C17H29BrN2O/c1-14(2)11-19-12-15-6-7-16(17(18)10-15)13-21-9-5-8-20(3)4/h6-7,10,14,19H,5,8-9,11-13H2,1-4H3. The Morgan fingerprint density at radius 2 is 2.05 bits per heavy atom. The number of hydrogen-bond donors (Lipinski definition) is 1. The first-order valence-electron chi connectivity index (χ1n) is 7.69. The molecule has 0 bridgehead atoms. The Morgan fingerprint density at radius 1 is 1.29 bits per heavy atom. The van der Waals surface area contributed by atoms with E-state index in [1.807, 2.05) is 0 Å². The van der Waals surface area contributed by atoms with Crippen molar-refractivity contribution in [3.05, 3.63) is 33.8 Å². The number of benzene rings is 1. The molecule has 1 aromatic rings. The van der Waals surface area contributed by atoms with Gasteiger partial charge in [-0.2, -0.15) is 0 Å². The van der Waals surface area contributed by atoms with Crippen molar-refractivity contribution in [3.8, 4) is 0 Å². The second-order valence-corrected chi connectivity index (χ2v) is 7.01. The van der Waals surface area contributed by atoms with Crippen molar-refractivity contribution in [1.29, 1.82) is 0 Å². The number of hydrogen-bond acceptors (Lipinski definition) is 3. The van der Waals surface area contributed by atoms with Gasteiger partial charge >= 0.3 is 0 Å². The average molecular weight is 357 g/mol. The highest BCUT2D eigenvalue weighted by molar-refractivity contribution is 9.10. The van der Waals surface area contributed by atoms with Crippen LogP contribution in [0.2, 0.25) is 0 Å². The van der Waals surface area contributed by atoms with Gasteiger partial charge in [-0.25, -0.2) is 0 Å². The maximum atomic E-state index is 5.73. The topological polar surface area (TPSA) is 24.5 Å². The minimum atomic E-state index is 0.674. The van der Waals surface area contributed by atoms with Gasteiger partial charge < -0.3 is 15.0 Å². The maximum Gasteiger partial charge on any atom is 0.0727 e. The van der Waals surface area contributed by atoms with Crippen LogP contribution in [0.3, 0.4) is 0 Å².